The summed E-state index contributed by atoms with van der Waals surface area (Å²) in [6.07, 6.45) is 2.57. The number of fused-ring (bicyclic) bond motifs is 2. The van der Waals surface area contributed by atoms with Crippen molar-refractivity contribution in [3.05, 3.63) is 10.6 Å². The van der Waals surface area contributed by atoms with E-state index in [2.05, 4.69) is 17.2 Å². The number of imide groups is 1. The van der Waals surface area contributed by atoms with Crippen molar-refractivity contribution in [2.24, 2.45) is 17.8 Å². The van der Waals surface area contributed by atoms with Crippen molar-refractivity contribution >= 4 is 28.3 Å². The molecule has 2 unspecified atom stereocenters. The van der Waals surface area contributed by atoms with Crippen molar-refractivity contribution < 1.29 is 9.59 Å². The van der Waals surface area contributed by atoms with E-state index in [0.717, 1.165) is 42.9 Å². The van der Waals surface area contributed by atoms with Crippen LogP contribution in [-0.2, 0) is 22.6 Å². The molecule has 2 atom stereocenters. The van der Waals surface area contributed by atoms with Crippen LogP contribution < -0.4 is 10.2 Å². The quantitative estimate of drug-likeness (QED) is 0.793. The lowest BCUT2D eigenvalue weighted by Crippen LogP contribution is -2.32. The van der Waals surface area contributed by atoms with Crippen LogP contribution in [0.15, 0.2) is 0 Å². The number of rotatable bonds is 1. The Labute approximate surface area is 121 Å². The maximum atomic E-state index is 12.5. The van der Waals surface area contributed by atoms with Gasteiger partial charge in [0.1, 0.15) is 0 Å². The fourth-order valence-corrected chi connectivity index (χ4v) is 4.76. The van der Waals surface area contributed by atoms with Gasteiger partial charge in [0.25, 0.3) is 0 Å². The lowest BCUT2D eigenvalue weighted by atomic mass is 10.00. The van der Waals surface area contributed by atoms with Gasteiger partial charge in [0, 0.05) is 24.4 Å². The van der Waals surface area contributed by atoms with Crippen molar-refractivity contribution in [3.8, 4) is 0 Å². The van der Waals surface area contributed by atoms with Gasteiger partial charge in [-0.25, -0.2) is 9.88 Å². The van der Waals surface area contributed by atoms with E-state index in [-0.39, 0.29) is 23.7 Å². The van der Waals surface area contributed by atoms with Gasteiger partial charge in [-0.2, -0.15) is 0 Å². The standard InChI is InChI=1S/C14H17N3O2S/c1-7-4-8-9(5-7)13(19)17(12(8)18)14-16-10-2-3-15-6-11(10)20-14/h7-9,15H,2-6H2,1H3. The SMILES string of the molecule is CC1CC2C(=O)N(c3nc4c(s3)CNCC4)C(=O)C2C1. The second kappa shape index (κ2) is 4.36. The Morgan fingerprint density at radius 2 is 1.95 bits per heavy atom. The lowest BCUT2D eigenvalue weighted by molar-refractivity contribution is -0.123. The predicted octanol–water partition coefficient (Wildman–Crippen LogP) is 1.32. The highest BCUT2D eigenvalue weighted by Crippen LogP contribution is 2.45. The molecule has 3 heterocycles. The van der Waals surface area contributed by atoms with E-state index in [4.69, 9.17) is 0 Å². The third-order valence-electron chi connectivity index (χ3n) is 4.66. The van der Waals surface area contributed by atoms with Crippen LogP contribution in [0, 0.1) is 17.8 Å². The number of amides is 2. The summed E-state index contributed by atoms with van der Waals surface area (Å²) in [6, 6.07) is 0. The molecule has 0 spiro atoms. The molecule has 5 nitrogen and oxygen atoms in total. The van der Waals surface area contributed by atoms with Crippen LogP contribution in [0.5, 0.6) is 0 Å². The smallest absolute Gasteiger partial charge is 0.239 e. The van der Waals surface area contributed by atoms with Gasteiger partial charge in [-0.15, -0.1) is 0 Å². The largest absolute Gasteiger partial charge is 0.311 e. The Kier molecular flexibility index (Phi) is 2.72. The molecule has 4 rings (SSSR count). The zero-order chi connectivity index (χ0) is 13.9. The van der Waals surface area contributed by atoms with Gasteiger partial charge in [0.2, 0.25) is 11.8 Å². The molecule has 2 fully saturated rings. The van der Waals surface area contributed by atoms with Crippen LogP contribution in [0.3, 0.4) is 0 Å². The molecule has 3 aliphatic rings. The van der Waals surface area contributed by atoms with Crippen molar-refractivity contribution in [2.45, 2.75) is 32.7 Å². The van der Waals surface area contributed by atoms with Crippen LogP contribution in [0.1, 0.15) is 30.3 Å². The van der Waals surface area contributed by atoms with Gasteiger partial charge < -0.3 is 5.32 Å². The van der Waals surface area contributed by atoms with Crippen molar-refractivity contribution in [2.75, 3.05) is 11.4 Å². The summed E-state index contributed by atoms with van der Waals surface area (Å²) >= 11 is 1.49. The molecule has 0 bridgehead atoms. The summed E-state index contributed by atoms with van der Waals surface area (Å²) in [6.45, 7) is 3.84. The van der Waals surface area contributed by atoms with Crippen molar-refractivity contribution in [3.63, 3.8) is 0 Å². The Morgan fingerprint density at radius 3 is 2.60 bits per heavy atom. The van der Waals surface area contributed by atoms with Crippen LogP contribution in [-0.4, -0.2) is 23.3 Å². The minimum Gasteiger partial charge on any atom is -0.311 e. The number of aromatic nitrogens is 1. The van der Waals surface area contributed by atoms with Gasteiger partial charge in [-0.3, -0.25) is 9.59 Å². The first-order valence-electron chi connectivity index (χ1n) is 7.22. The average Bonchev–Trinajstić information content (AvgIpc) is 3.06. The van der Waals surface area contributed by atoms with E-state index in [1.807, 2.05) is 0 Å². The summed E-state index contributed by atoms with van der Waals surface area (Å²) in [5, 5.41) is 3.89. The van der Waals surface area contributed by atoms with Crippen molar-refractivity contribution in [1.82, 2.24) is 10.3 Å². The molecule has 6 heteroatoms. The molecule has 1 N–H and O–H groups in total. The van der Waals surface area contributed by atoms with Crippen LogP contribution in [0.25, 0.3) is 0 Å². The summed E-state index contributed by atoms with van der Waals surface area (Å²) in [5.41, 5.74) is 1.05. The minimum absolute atomic E-state index is 0.0246. The number of hydrogen-bond donors (Lipinski definition) is 1. The molecule has 0 radical (unpaired) electrons. The molecule has 0 aromatic carbocycles. The predicted molar refractivity (Wildman–Crippen MR) is 75.4 cm³/mol. The number of anilines is 1. The van der Waals surface area contributed by atoms with E-state index in [9.17, 15) is 9.59 Å². The maximum Gasteiger partial charge on any atom is 0.239 e. The molecule has 1 aromatic heterocycles. The number of nitrogens with zero attached hydrogens (tertiary/aromatic N) is 2. The lowest BCUT2D eigenvalue weighted by Gasteiger charge is -2.13. The van der Waals surface area contributed by atoms with Gasteiger partial charge in [0.05, 0.1) is 17.5 Å². The highest BCUT2D eigenvalue weighted by molar-refractivity contribution is 7.16. The molecule has 1 saturated carbocycles. The minimum atomic E-state index is -0.100. The molecular weight excluding hydrogens is 274 g/mol. The van der Waals surface area contributed by atoms with Gasteiger partial charge in [-0.05, 0) is 18.8 Å². The fraction of sp³-hybridized carbons (Fsp3) is 0.643. The van der Waals surface area contributed by atoms with Gasteiger partial charge in [0.15, 0.2) is 5.13 Å². The summed E-state index contributed by atoms with van der Waals surface area (Å²) < 4.78 is 0. The number of hydrogen-bond acceptors (Lipinski definition) is 5. The Morgan fingerprint density at radius 1 is 1.25 bits per heavy atom. The second-order valence-electron chi connectivity index (χ2n) is 6.09. The fourth-order valence-electron chi connectivity index (χ4n) is 3.67. The highest BCUT2D eigenvalue weighted by atomic mass is 32.1. The molecular formula is C14H17N3O2S. The molecule has 2 aliphatic heterocycles. The number of carbonyl (C=O) groups excluding carboxylic acids is 2. The van der Waals surface area contributed by atoms with E-state index < -0.39 is 0 Å². The third kappa shape index (κ3) is 1.67. The molecule has 1 aliphatic carbocycles. The zero-order valence-electron chi connectivity index (χ0n) is 11.4. The maximum absolute atomic E-state index is 12.5. The second-order valence-corrected chi connectivity index (χ2v) is 7.16. The van der Waals surface area contributed by atoms with Crippen LogP contribution in [0.2, 0.25) is 0 Å². The monoisotopic (exact) mass is 291 g/mol. The number of carbonyl (C=O) groups is 2. The molecule has 1 saturated heterocycles. The van der Waals surface area contributed by atoms with Crippen molar-refractivity contribution in [1.29, 1.82) is 0 Å². The van der Waals surface area contributed by atoms with E-state index in [1.54, 1.807) is 0 Å². The topological polar surface area (TPSA) is 62.3 Å². The van der Waals surface area contributed by atoms with Gasteiger partial charge >= 0.3 is 0 Å². The zero-order valence-corrected chi connectivity index (χ0v) is 12.2. The summed E-state index contributed by atoms with van der Waals surface area (Å²) in [5.74, 6) is 0.230. The molecule has 20 heavy (non-hydrogen) atoms. The number of nitrogens with one attached hydrogen (secondary N) is 1. The summed E-state index contributed by atoms with van der Waals surface area (Å²) in [7, 11) is 0. The van der Waals surface area contributed by atoms with Gasteiger partial charge in [-0.1, -0.05) is 18.3 Å². The third-order valence-corrected chi connectivity index (χ3v) is 5.74. The molecule has 106 valence electrons. The van der Waals surface area contributed by atoms with Crippen LogP contribution >= 0.6 is 11.3 Å². The Hall–Kier alpha value is -1.27. The first-order valence-corrected chi connectivity index (χ1v) is 8.04. The first kappa shape index (κ1) is 12.5. The summed E-state index contributed by atoms with van der Waals surface area (Å²) in [4.78, 5) is 32.1. The van der Waals surface area contributed by atoms with E-state index >= 15 is 0 Å². The molecule has 2 amide bonds. The average molecular weight is 291 g/mol. The van der Waals surface area contributed by atoms with E-state index in [0.29, 0.717) is 11.0 Å². The Bertz CT molecular complexity index is 550. The molecule has 1 aromatic rings. The first-order chi connectivity index (χ1) is 9.65. The highest BCUT2D eigenvalue weighted by Gasteiger charge is 2.53. The normalized spacial score (nSPS) is 32.6. The number of thiazole rings is 1. The van der Waals surface area contributed by atoms with E-state index in [1.165, 1.54) is 16.2 Å². The van der Waals surface area contributed by atoms with Crippen LogP contribution in [0.4, 0.5) is 5.13 Å². The Balaban J connectivity index is 1.68.